The summed E-state index contributed by atoms with van der Waals surface area (Å²) in [6, 6.07) is 8.43. The van der Waals surface area contributed by atoms with Gasteiger partial charge in [-0.25, -0.2) is 4.79 Å². The van der Waals surface area contributed by atoms with E-state index >= 15 is 0 Å². The fraction of sp³-hybridized carbons (Fsp3) is 0. The van der Waals surface area contributed by atoms with Crippen LogP contribution in [0, 0.1) is 0 Å². The van der Waals surface area contributed by atoms with Gasteiger partial charge in [-0.05, 0) is 30.3 Å². The molecule has 0 saturated heterocycles. The number of hydrogen-bond donors (Lipinski definition) is 2. The number of fused-ring (bicyclic) bond motifs is 1. The number of imidazole rings is 1. The molecule has 0 spiro atoms. The van der Waals surface area contributed by atoms with Crippen molar-refractivity contribution in [3.63, 3.8) is 0 Å². The van der Waals surface area contributed by atoms with Gasteiger partial charge in [-0.3, -0.25) is 4.79 Å². The number of carbonyl (C=O) groups excluding carboxylic acids is 1. The molecule has 0 radical (unpaired) electrons. The quantitative estimate of drug-likeness (QED) is 0.708. The summed E-state index contributed by atoms with van der Waals surface area (Å²) in [6.07, 6.45) is 0. The Morgan fingerprint density at radius 1 is 1.11 bits per heavy atom. The van der Waals surface area contributed by atoms with Crippen molar-refractivity contribution in [2.75, 3.05) is 0 Å². The Bertz CT molecular complexity index is 800. The maximum Gasteiger partial charge on any atom is 0.323 e. The second-order valence-electron chi connectivity index (χ2n) is 3.77. The molecule has 0 aliphatic carbocycles. The van der Waals surface area contributed by atoms with E-state index in [9.17, 15) is 9.59 Å². The highest BCUT2D eigenvalue weighted by atomic mass is 35.5. The Morgan fingerprint density at radius 2 is 1.89 bits per heavy atom. The normalized spacial score (nSPS) is 10.9. The van der Waals surface area contributed by atoms with Crippen molar-refractivity contribution < 1.29 is 4.79 Å². The van der Waals surface area contributed by atoms with Gasteiger partial charge >= 0.3 is 5.69 Å². The maximum atomic E-state index is 12.2. The Hall–Kier alpha value is -1.85. The number of ketones is 1. The molecular formula is C12H7ClN2O2S. The van der Waals surface area contributed by atoms with Gasteiger partial charge in [0.15, 0.2) is 0 Å². The summed E-state index contributed by atoms with van der Waals surface area (Å²) in [7, 11) is 0. The molecule has 0 amide bonds. The van der Waals surface area contributed by atoms with Crippen LogP contribution in [0.25, 0.3) is 11.0 Å². The fourth-order valence-electron chi connectivity index (χ4n) is 1.75. The predicted molar refractivity (Wildman–Crippen MR) is 71.7 cm³/mol. The molecule has 0 fully saturated rings. The van der Waals surface area contributed by atoms with Crippen molar-refractivity contribution in [3.05, 3.63) is 55.6 Å². The number of aromatic amines is 2. The SMILES string of the molecule is O=C(c1ccc2[nH]c(=O)[nH]c2c1)c1ccc(Cl)s1. The number of hydrogen-bond acceptors (Lipinski definition) is 3. The number of thiophene rings is 1. The van der Waals surface area contributed by atoms with Crippen LogP contribution in [0.2, 0.25) is 4.34 Å². The van der Waals surface area contributed by atoms with Crippen LogP contribution in [0.1, 0.15) is 15.2 Å². The van der Waals surface area contributed by atoms with Crippen LogP contribution in [0.15, 0.2) is 35.1 Å². The molecule has 6 heteroatoms. The number of H-pyrrole nitrogens is 2. The number of halogens is 1. The summed E-state index contributed by atoms with van der Waals surface area (Å²) >= 11 is 7.04. The molecule has 0 atom stereocenters. The summed E-state index contributed by atoms with van der Waals surface area (Å²) in [5, 5.41) is 0. The molecule has 0 aliphatic heterocycles. The zero-order valence-electron chi connectivity index (χ0n) is 8.99. The zero-order valence-corrected chi connectivity index (χ0v) is 10.6. The van der Waals surface area contributed by atoms with Crippen LogP contribution in [0.3, 0.4) is 0 Å². The maximum absolute atomic E-state index is 12.2. The van der Waals surface area contributed by atoms with Crippen molar-refractivity contribution in [1.29, 1.82) is 0 Å². The lowest BCUT2D eigenvalue weighted by Gasteiger charge is -1.97. The molecule has 0 aliphatic rings. The van der Waals surface area contributed by atoms with Gasteiger partial charge < -0.3 is 9.97 Å². The van der Waals surface area contributed by atoms with Crippen LogP contribution in [0.4, 0.5) is 0 Å². The zero-order chi connectivity index (χ0) is 12.7. The molecule has 90 valence electrons. The first-order valence-corrected chi connectivity index (χ1v) is 6.35. The van der Waals surface area contributed by atoms with Gasteiger partial charge in [-0.15, -0.1) is 11.3 Å². The lowest BCUT2D eigenvalue weighted by atomic mass is 10.1. The number of rotatable bonds is 2. The van der Waals surface area contributed by atoms with Crippen molar-refractivity contribution in [1.82, 2.24) is 9.97 Å². The van der Waals surface area contributed by atoms with Crippen LogP contribution < -0.4 is 5.69 Å². The molecule has 1 aromatic carbocycles. The van der Waals surface area contributed by atoms with Gasteiger partial charge in [0.2, 0.25) is 5.78 Å². The molecule has 3 rings (SSSR count). The highest BCUT2D eigenvalue weighted by molar-refractivity contribution is 7.18. The summed E-state index contributed by atoms with van der Waals surface area (Å²) in [5.74, 6) is -0.101. The van der Waals surface area contributed by atoms with Crippen molar-refractivity contribution in [3.8, 4) is 0 Å². The van der Waals surface area contributed by atoms with E-state index in [4.69, 9.17) is 11.6 Å². The van der Waals surface area contributed by atoms with Gasteiger partial charge in [-0.1, -0.05) is 11.6 Å². The molecule has 18 heavy (non-hydrogen) atoms. The smallest absolute Gasteiger partial charge is 0.306 e. The van der Waals surface area contributed by atoms with E-state index in [-0.39, 0.29) is 11.5 Å². The average Bonchev–Trinajstić information content (AvgIpc) is 2.92. The van der Waals surface area contributed by atoms with Crippen LogP contribution in [0.5, 0.6) is 0 Å². The molecule has 4 nitrogen and oxygen atoms in total. The first-order chi connectivity index (χ1) is 8.63. The van der Waals surface area contributed by atoms with E-state index in [1.807, 2.05) is 0 Å². The molecule has 2 N–H and O–H groups in total. The minimum absolute atomic E-state index is 0.101. The summed E-state index contributed by atoms with van der Waals surface area (Å²) < 4.78 is 0.578. The third-order valence-corrected chi connectivity index (χ3v) is 3.81. The Morgan fingerprint density at radius 3 is 2.61 bits per heavy atom. The highest BCUT2D eigenvalue weighted by Gasteiger charge is 2.12. The fourth-order valence-corrected chi connectivity index (χ4v) is 2.76. The molecule has 2 aromatic heterocycles. The number of carbonyl (C=O) groups is 1. The molecule has 2 heterocycles. The standard InChI is InChI=1S/C12H7ClN2O2S/c13-10-4-3-9(18-10)11(16)6-1-2-7-8(5-6)15-12(17)14-7/h1-5H,(H2,14,15,17). The van der Waals surface area contributed by atoms with Gasteiger partial charge in [0.25, 0.3) is 0 Å². The number of aromatic nitrogens is 2. The van der Waals surface area contributed by atoms with E-state index in [0.29, 0.717) is 25.8 Å². The van der Waals surface area contributed by atoms with Gasteiger partial charge in [0.1, 0.15) is 0 Å². The van der Waals surface area contributed by atoms with Crippen LogP contribution in [-0.2, 0) is 0 Å². The van der Waals surface area contributed by atoms with Gasteiger partial charge in [0, 0.05) is 5.56 Å². The van der Waals surface area contributed by atoms with Gasteiger partial charge in [0.05, 0.1) is 20.2 Å². The number of nitrogens with one attached hydrogen (secondary N) is 2. The van der Waals surface area contributed by atoms with Crippen LogP contribution >= 0.6 is 22.9 Å². The molecule has 0 saturated carbocycles. The van der Waals surface area contributed by atoms with Gasteiger partial charge in [-0.2, -0.15) is 0 Å². The summed E-state index contributed by atoms with van der Waals surface area (Å²) in [4.78, 5) is 29.1. The first kappa shape index (κ1) is 11.3. The second kappa shape index (κ2) is 4.12. The van der Waals surface area contributed by atoms with E-state index < -0.39 is 0 Å². The Kier molecular flexibility index (Phi) is 2.57. The highest BCUT2D eigenvalue weighted by Crippen LogP contribution is 2.24. The Labute approximate surface area is 110 Å². The molecule has 0 unspecified atom stereocenters. The third kappa shape index (κ3) is 1.87. The van der Waals surface area contributed by atoms with Crippen molar-refractivity contribution in [2.24, 2.45) is 0 Å². The number of benzene rings is 1. The van der Waals surface area contributed by atoms with Crippen LogP contribution in [-0.4, -0.2) is 15.8 Å². The summed E-state index contributed by atoms with van der Waals surface area (Å²) in [5.41, 5.74) is 1.54. The monoisotopic (exact) mass is 278 g/mol. The molecule has 3 aromatic rings. The first-order valence-electron chi connectivity index (χ1n) is 5.15. The van der Waals surface area contributed by atoms with E-state index in [1.54, 1.807) is 30.3 Å². The topological polar surface area (TPSA) is 65.7 Å². The second-order valence-corrected chi connectivity index (χ2v) is 5.49. The average molecular weight is 279 g/mol. The lowest BCUT2D eigenvalue weighted by molar-refractivity contribution is 0.104. The molecule has 0 bridgehead atoms. The lowest BCUT2D eigenvalue weighted by Crippen LogP contribution is -1.99. The third-order valence-electron chi connectivity index (χ3n) is 2.58. The Balaban J connectivity index is 2.08. The predicted octanol–water partition coefficient (Wildman–Crippen LogP) is 2.80. The minimum atomic E-state index is -0.284. The minimum Gasteiger partial charge on any atom is -0.306 e. The van der Waals surface area contributed by atoms with E-state index in [1.165, 1.54) is 11.3 Å². The van der Waals surface area contributed by atoms with E-state index in [0.717, 1.165) is 0 Å². The van der Waals surface area contributed by atoms with Crippen molar-refractivity contribution >= 4 is 39.8 Å². The largest absolute Gasteiger partial charge is 0.323 e. The molecular weight excluding hydrogens is 272 g/mol. The van der Waals surface area contributed by atoms with Crippen molar-refractivity contribution in [2.45, 2.75) is 0 Å². The summed E-state index contributed by atoms with van der Waals surface area (Å²) in [6.45, 7) is 0. The van der Waals surface area contributed by atoms with E-state index in [2.05, 4.69) is 9.97 Å².